The Morgan fingerprint density at radius 3 is 2.11 bits per heavy atom. The van der Waals surface area contributed by atoms with Crippen LogP contribution in [0.4, 0.5) is 0 Å². The van der Waals surface area contributed by atoms with Crippen LogP contribution in [0.5, 0.6) is 0 Å². The molecular weight excluding hydrogens is 232 g/mol. The van der Waals surface area contributed by atoms with E-state index in [-0.39, 0.29) is 0 Å². The molecule has 0 aliphatic carbocycles. The smallest absolute Gasteiger partial charge is 0.0824 e. The Morgan fingerprint density at radius 2 is 1.47 bits per heavy atom. The minimum absolute atomic E-state index is 0.293. The standard InChI is InChI=1S/C18H30O/c1-3-5-6-7-8-9-13-16-18(19-4-2)17-14-11-10-12-15-17/h10-12,14-15,18H,3-9,13,16H2,1-2H3. The lowest BCUT2D eigenvalue weighted by molar-refractivity contribution is 0.0542. The summed E-state index contributed by atoms with van der Waals surface area (Å²) in [4.78, 5) is 0. The zero-order valence-electron chi connectivity index (χ0n) is 12.7. The Labute approximate surface area is 119 Å². The van der Waals surface area contributed by atoms with E-state index in [2.05, 4.69) is 44.2 Å². The van der Waals surface area contributed by atoms with Crippen molar-refractivity contribution in [3.05, 3.63) is 35.9 Å². The molecule has 0 heterocycles. The third-order valence-electron chi connectivity index (χ3n) is 3.61. The van der Waals surface area contributed by atoms with Crippen LogP contribution >= 0.6 is 0 Å². The SMILES string of the molecule is CCCCCCCCCC(OCC)c1ccccc1. The van der Waals surface area contributed by atoms with Gasteiger partial charge in [-0.2, -0.15) is 0 Å². The van der Waals surface area contributed by atoms with Crippen molar-refractivity contribution in [2.45, 2.75) is 71.3 Å². The first-order chi connectivity index (χ1) is 9.38. The largest absolute Gasteiger partial charge is 0.374 e. The maximum Gasteiger partial charge on any atom is 0.0824 e. The predicted octanol–water partition coefficient (Wildman–Crippen LogP) is 5.90. The van der Waals surface area contributed by atoms with E-state index in [4.69, 9.17) is 4.74 Å². The van der Waals surface area contributed by atoms with Crippen molar-refractivity contribution in [3.63, 3.8) is 0 Å². The van der Waals surface area contributed by atoms with Crippen LogP contribution in [0.1, 0.15) is 76.9 Å². The monoisotopic (exact) mass is 262 g/mol. The second-order valence-electron chi connectivity index (χ2n) is 5.26. The van der Waals surface area contributed by atoms with Crippen LogP contribution in [0.25, 0.3) is 0 Å². The molecule has 1 heteroatoms. The zero-order valence-corrected chi connectivity index (χ0v) is 12.7. The van der Waals surface area contributed by atoms with Crippen LogP contribution in [-0.4, -0.2) is 6.61 Å². The average molecular weight is 262 g/mol. The Kier molecular flexibility index (Phi) is 9.44. The first-order valence-electron chi connectivity index (χ1n) is 8.05. The van der Waals surface area contributed by atoms with Gasteiger partial charge in [-0.3, -0.25) is 0 Å². The van der Waals surface area contributed by atoms with E-state index >= 15 is 0 Å². The molecule has 0 N–H and O–H groups in total. The molecule has 0 radical (unpaired) electrons. The molecule has 0 aromatic heterocycles. The lowest BCUT2D eigenvalue weighted by Gasteiger charge is -2.17. The normalized spacial score (nSPS) is 12.5. The van der Waals surface area contributed by atoms with Crippen LogP contribution < -0.4 is 0 Å². The van der Waals surface area contributed by atoms with E-state index in [1.165, 1.54) is 50.5 Å². The highest BCUT2D eigenvalue weighted by molar-refractivity contribution is 5.17. The molecule has 1 rings (SSSR count). The lowest BCUT2D eigenvalue weighted by atomic mass is 10.0. The first-order valence-corrected chi connectivity index (χ1v) is 8.05. The van der Waals surface area contributed by atoms with Gasteiger partial charge < -0.3 is 4.74 Å². The molecule has 0 saturated heterocycles. The second-order valence-corrected chi connectivity index (χ2v) is 5.26. The molecule has 0 fully saturated rings. The highest BCUT2D eigenvalue weighted by atomic mass is 16.5. The minimum Gasteiger partial charge on any atom is -0.374 e. The van der Waals surface area contributed by atoms with Gasteiger partial charge in [0.05, 0.1) is 6.10 Å². The van der Waals surface area contributed by atoms with E-state index in [1.54, 1.807) is 0 Å². The van der Waals surface area contributed by atoms with E-state index in [9.17, 15) is 0 Å². The summed E-state index contributed by atoms with van der Waals surface area (Å²) in [6.45, 7) is 5.16. The molecule has 0 aliphatic heterocycles. The molecule has 0 bridgehead atoms. The molecule has 108 valence electrons. The zero-order chi connectivity index (χ0) is 13.8. The van der Waals surface area contributed by atoms with Crippen molar-refractivity contribution in [2.75, 3.05) is 6.61 Å². The Balaban J connectivity index is 2.20. The van der Waals surface area contributed by atoms with Crippen molar-refractivity contribution in [3.8, 4) is 0 Å². The predicted molar refractivity (Wildman–Crippen MR) is 83.4 cm³/mol. The van der Waals surface area contributed by atoms with Crippen LogP contribution in [-0.2, 0) is 4.74 Å². The fraction of sp³-hybridized carbons (Fsp3) is 0.667. The summed E-state index contributed by atoms with van der Waals surface area (Å²) in [5.74, 6) is 0. The van der Waals surface area contributed by atoms with E-state index in [0.717, 1.165) is 13.0 Å². The molecule has 19 heavy (non-hydrogen) atoms. The molecule has 1 nitrogen and oxygen atoms in total. The molecule has 0 spiro atoms. The molecule has 1 unspecified atom stereocenters. The summed E-state index contributed by atoms with van der Waals surface area (Å²) in [5, 5.41) is 0. The van der Waals surface area contributed by atoms with E-state index in [0.29, 0.717) is 6.10 Å². The number of rotatable bonds is 11. The summed E-state index contributed by atoms with van der Waals surface area (Å²) in [6, 6.07) is 10.6. The Morgan fingerprint density at radius 1 is 0.842 bits per heavy atom. The second kappa shape index (κ2) is 11.0. The summed E-state index contributed by atoms with van der Waals surface area (Å²) in [5.41, 5.74) is 1.33. The number of benzene rings is 1. The van der Waals surface area contributed by atoms with Crippen molar-refractivity contribution >= 4 is 0 Å². The summed E-state index contributed by atoms with van der Waals surface area (Å²) >= 11 is 0. The maximum absolute atomic E-state index is 5.87. The highest BCUT2D eigenvalue weighted by Gasteiger charge is 2.10. The van der Waals surface area contributed by atoms with Gasteiger partial charge in [-0.05, 0) is 18.9 Å². The fourth-order valence-corrected chi connectivity index (χ4v) is 2.50. The van der Waals surface area contributed by atoms with Crippen LogP contribution in [0, 0.1) is 0 Å². The van der Waals surface area contributed by atoms with Crippen LogP contribution in [0.3, 0.4) is 0 Å². The van der Waals surface area contributed by atoms with Gasteiger partial charge >= 0.3 is 0 Å². The average Bonchev–Trinajstić information content (AvgIpc) is 2.46. The number of ether oxygens (including phenoxy) is 1. The van der Waals surface area contributed by atoms with Gasteiger partial charge in [-0.1, -0.05) is 82.2 Å². The first kappa shape index (κ1) is 16.2. The maximum atomic E-state index is 5.87. The third-order valence-corrected chi connectivity index (χ3v) is 3.61. The van der Waals surface area contributed by atoms with Crippen LogP contribution in [0.15, 0.2) is 30.3 Å². The van der Waals surface area contributed by atoms with Crippen molar-refractivity contribution < 1.29 is 4.74 Å². The quantitative estimate of drug-likeness (QED) is 0.451. The van der Waals surface area contributed by atoms with E-state index < -0.39 is 0 Å². The van der Waals surface area contributed by atoms with Gasteiger partial charge in [0, 0.05) is 6.61 Å². The van der Waals surface area contributed by atoms with Crippen molar-refractivity contribution in [1.29, 1.82) is 0 Å². The van der Waals surface area contributed by atoms with Gasteiger partial charge in [-0.25, -0.2) is 0 Å². The molecule has 0 amide bonds. The fourth-order valence-electron chi connectivity index (χ4n) is 2.50. The van der Waals surface area contributed by atoms with Crippen LogP contribution in [0.2, 0.25) is 0 Å². The topological polar surface area (TPSA) is 9.23 Å². The third kappa shape index (κ3) is 7.37. The molecular formula is C18H30O. The van der Waals surface area contributed by atoms with Gasteiger partial charge in [0.2, 0.25) is 0 Å². The highest BCUT2D eigenvalue weighted by Crippen LogP contribution is 2.24. The van der Waals surface area contributed by atoms with Gasteiger partial charge in [0.15, 0.2) is 0 Å². The van der Waals surface area contributed by atoms with Crippen molar-refractivity contribution in [1.82, 2.24) is 0 Å². The minimum atomic E-state index is 0.293. The lowest BCUT2D eigenvalue weighted by Crippen LogP contribution is -2.04. The Hall–Kier alpha value is -0.820. The van der Waals surface area contributed by atoms with Crippen molar-refractivity contribution in [2.24, 2.45) is 0 Å². The molecule has 1 atom stereocenters. The van der Waals surface area contributed by atoms with E-state index in [1.807, 2.05) is 0 Å². The molecule has 0 saturated carbocycles. The number of hydrogen-bond donors (Lipinski definition) is 0. The molecule has 1 aromatic carbocycles. The summed E-state index contributed by atoms with van der Waals surface area (Å²) in [7, 11) is 0. The molecule has 0 aliphatic rings. The number of unbranched alkanes of at least 4 members (excludes halogenated alkanes) is 6. The molecule has 1 aromatic rings. The van der Waals surface area contributed by atoms with Gasteiger partial charge in [0.1, 0.15) is 0 Å². The van der Waals surface area contributed by atoms with Gasteiger partial charge in [-0.15, -0.1) is 0 Å². The van der Waals surface area contributed by atoms with Gasteiger partial charge in [0.25, 0.3) is 0 Å². The number of hydrogen-bond acceptors (Lipinski definition) is 1. The summed E-state index contributed by atoms with van der Waals surface area (Å²) in [6.07, 6.45) is 11.0. The Bertz CT molecular complexity index is 294. The summed E-state index contributed by atoms with van der Waals surface area (Å²) < 4.78 is 5.87.